The topological polar surface area (TPSA) is 61.2 Å². The number of halogens is 1. The molecular formula is C25H23BrN3O2+. The zero-order chi connectivity index (χ0) is 22.0. The lowest BCUT2D eigenvalue weighted by molar-refractivity contribution is -0.596. The van der Waals surface area contributed by atoms with Crippen LogP contribution in [0.25, 0.3) is 0 Å². The van der Waals surface area contributed by atoms with Gasteiger partial charge in [-0.1, -0.05) is 63.5 Å². The summed E-state index contributed by atoms with van der Waals surface area (Å²) in [5, 5.41) is 2.94. The van der Waals surface area contributed by atoms with Crippen molar-refractivity contribution in [3.05, 3.63) is 105 Å². The predicted molar refractivity (Wildman–Crippen MR) is 124 cm³/mol. The van der Waals surface area contributed by atoms with Crippen LogP contribution in [-0.2, 0) is 4.79 Å². The van der Waals surface area contributed by atoms with Crippen LogP contribution >= 0.6 is 15.9 Å². The average molecular weight is 477 g/mol. The molecule has 0 saturated carbocycles. The van der Waals surface area contributed by atoms with Crippen molar-refractivity contribution in [2.75, 3.05) is 0 Å². The molecule has 5 nitrogen and oxygen atoms in total. The number of hydrogen-bond donors (Lipinski definition) is 2. The summed E-state index contributed by atoms with van der Waals surface area (Å²) in [7, 11) is 0. The molecule has 0 aliphatic carbocycles. The number of nitrogens with zero attached hydrogens (tertiary/aromatic N) is 1. The molecule has 31 heavy (non-hydrogen) atoms. The van der Waals surface area contributed by atoms with Gasteiger partial charge in [0.2, 0.25) is 12.3 Å². The summed E-state index contributed by atoms with van der Waals surface area (Å²) >= 11 is 3.44. The first kappa shape index (κ1) is 21.0. The fraction of sp³-hybridized carbons (Fsp3) is 0.160. The molecule has 1 aliphatic rings. The second-order valence-electron chi connectivity index (χ2n) is 7.74. The van der Waals surface area contributed by atoms with E-state index in [1.54, 1.807) is 10.8 Å². The van der Waals surface area contributed by atoms with Gasteiger partial charge in [-0.15, -0.1) is 10.1 Å². The van der Waals surface area contributed by atoms with Crippen LogP contribution < -0.4 is 10.7 Å². The Balaban J connectivity index is 1.70. The SMILES string of the molecule is Cc1ccc([C@H]2[C@@H](NC(=O)c3cccc(C)c3)C(=O)N/[N+]2=C\c2ccc(Br)cc2)cc1. The zero-order valence-corrected chi connectivity index (χ0v) is 18.9. The van der Waals surface area contributed by atoms with Crippen molar-refractivity contribution < 1.29 is 14.3 Å². The highest BCUT2D eigenvalue weighted by Crippen LogP contribution is 2.26. The number of hydrazine groups is 1. The summed E-state index contributed by atoms with van der Waals surface area (Å²) in [5.41, 5.74) is 7.44. The van der Waals surface area contributed by atoms with Crippen LogP contribution in [0.4, 0.5) is 0 Å². The minimum absolute atomic E-state index is 0.250. The van der Waals surface area contributed by atoms with E-state index in [0.29, 0.717) is 5.56 Å². The molecule has 3 aromatic carbocycles. The number of aryl methyl sites for hydroxylation is 2. The molecule has 0 aromatic heterocycles. The highest BCUT2D eigenvalue weighted by Gasteiger charge is 2.47. The first-order valence-electron chi connectivity index (χ1n) is 10.0. The summed E-state index contributed by atoms with van der Waals surface area (Å²) < 4.78 is 2.76. The number of rotatable bonds is 4. The maximum absolute atomic E-state index is 12.9. The Morgan fingerprint density at radius 2 is 1.71 bits per heavy atom. The fourth-order valence-corrected chi connectivity index (χ4v) is 3.93. The number of nitrogens with one attached hydrogen (secondary N) is 2. The summed E-state index contributed by atoms with van der Waals surface area (Å²) in [4.78, 5) is 25.8. The van der Waals surface area contributed by atoms with Crippen molar-refractivity contribution >= 4 is 34.0 Å². The van der Waals surface area contributed by atoms with Crippen molar-refractivity contribution in [1.29, 1.82) is 0 Å². The quantitative estimate of drug-likeness (QED) is 0.557. The maximum Gasteiger partial charge on any atom is 0.304 e. The summed E-state index contributed by atoms with van der Waals surface area (Å²) in [6.45, 7) is 3.95. The van der Waals surface area contributed by atoms with Crippen molar-refractivity contribution in [1.82, 2.24) is 10.7 Å². The van der Waals surface area contributed by atoms with Crippen LogP contribution in [0, 0.1) is 13.8 Å². The van der Waals surface area contributed by atoms with Crippen molar-refractivity contribution in [3.63, 3.8) is 0 Å². The smallest absolute Gasteiger partial charge is 0.304 e. The van der Waals surface area contributed by atoms with Gasteiger partial charge in [0.25, 0.3) is 5.91 Å². The molecule has 156 valence electrons. The highest BCUT2D eigenvalue weighted by molar-refractivity contribution is 9.10. The second kappa shape index (κ2) is 8.86. The third-order valence-electron chi connectivity index (χ3n) is 5.28. The molecule has 4 rings (SSSR count). The second-order valence-corrected chi connectivity index (χ2v) is 8.66. The first-order valence-corrected chi connectivity index (χ1v) is 10.8. The number of amides is 2. The van der Waals surface area contributed by atoms with Crippen LogP contribution in [0.2, 0.25) is 0 Å². The lowest BCUT2D eigenvalue weighted by Gasteiger charge is -2.15. The van der Waals surface area contributed by atoms with Gasteiger partial charge in [0.05, 0.1) is 0 Å². The molecule has 1 saturated heterocycles. The summed E-state index contributed by atoms with van der Waals surface area (Å²) in [6, 6.07) is 22.0. The van der Waals surface area contributed by atoms with E-state index in [1.807, 2.05) is 86.8 Å². The van der Waals surface area contributed by atoms with Crippen molar-refractivity contribution in [2.24, 2.45) is 0 Å². The van der Waals surface area contributed by atoms with E-state index >= 15 is 0 Å². The van der Waals surface area contributed by atoms with E-state index < -0.39 is 6.04 Å². The first-order chi connectivity index (χ1) is 14.9. The fourth-order valence-electron chi connectivity index (χ4n) is 3.66. The molecule has 1 fully saturated rings. The van der Waals surface area contributed by atoms with Crippen LogP contribution in [0.5, 0.6) is 0 Å². The van der Waals surface area contributed by atoms with E-state index in [9.17, 15) is 9.59 Å². The lowest BCUT2D eigenvalue weighted by Crippen LogP contribution is -2.42. The molecule has 2 atom stereocenters. The molecule has 2 amide bonds. The number of hydrazone groups is 1. The van der Waals surface area contributed by atoms with Gasteiger partial charge >= 0.3 is 5.91 Å². The maximum atomic E-state index is 12.9. The van der Waals surface area contributed by atoms with E-state index in [1.165, 1.54) is 0 Å². The largest absolute Gasteiger partial charge is 0.334 e. The molecule has 6 heteroatoms. The van der Waals surface area contributed by atoms with Crippen LogP contribution in [-0.4, -0.2) is 28.8 Å². The normalized spacial score (nSPS) is 19.3. The minimum atomic E-state index is -0.734. The Morgan fingerprint density at radius 1 is 1.00 bits per heavy atom. The number of benzene rings is 3. The molecule has 1 aliphatic heterocycles. The third kappa shape index (κ3) is 4.75. The van der Waals surface area contributed by atoms with Gasteiger partial charge in [0, 0.05) is 21.2 Å². The Labute approximate surface area is 189 Å². The van der Waals surface area contributed by atoms with Crippen LogP contribution in [0.3, 0.4) is 0 Å². The van der Waals surface area contributed by atoms with E-state index in [2.05, 4.69) is 26.7 Å². The molecule has 0 unspecified atom stereocenters. The zero-order valence-electron chi connectivity index (χ0n) is 17.3. The average Bonchev–Trinajstić information content (AvgIpc) is 3.05. The molecule has 0 spiro atoms. The molecular weight excluding hydrogens is 454 g/mol. The Kier molecular flexibility index (Phi) is 6.00. The van der Waals surface area contributed by atoms with Crippen LogP contribution in [0.1, 0.15) is 38.7 Å². The van der Waals surface area contributed by atoms with E-state index in [4.69, 9.17) is 0 Å². The number of carbonyl (C=O) groups is 2. The summed E-state index contributed by atoms with van der Waals surface area (Å²) in [5.74, 6) is -0.522. The Bertz CT molecular complexity index is 1150. The van der Waals surface area contributed by atoms with Gasteiger partial charge in [0.1, 0.15) is 0 Å². The van der Waals surface area contributed by atoms with Crippen molar-refractivity contribution in [2.45, 2.75) is 25.9 Å². The van der Waals surface area contributed by atoms with Gasteiger partial charge in [-0.2, -0.15) is 0 Å². The van der Waals surface area contributed by atoms with Crippen molar-refractivity contribution in [3.8, 4) is 0 Å². The molecule has 3 aromatic rings. The number of hydrogen-bond acceptors (Lipinski definition) is 2. The molecule has 1 heterocycles. The highest BCUT2D eigenvalue weighted by atomic mass is 79.9. The van der Waals surface area contributed by atoms with E-state index in [-0.39, 0.29) is 17.9 Å². The molecule has 0 bridgehead atoms. The number of carbonyl (C=O) groups excluding carboxylic acids is 2. The minimum Gasteiger partial charge on any atom is -0.334 e. The van der Waals surface area contributed by atoms with Gasteiger partial charge in [-0.05, 0) is 50.2 Å². The van der Waals surface area contributed by atoms with E-state index in [0.717, 1.165) is 26.7 Å². The van der Waals surface area contributed by atoms with Gasteiger partial charge < -0.3 is 5.32 Å². The van der Waals surface area contributed by atoms with Gasteiger partial charge in [-0.25, -0.2) is 0 Å². The Morgan fingerprint density at radius 3 is 2.39 bits per heavy atom. The lowest BCUT2D eigenvalue weighted by atomic mass is 9.98. The predicted octanol–water partition coefficient (Wildman–Crippen LogP) is 4.08. The van der Waals surface area contributed by atoms with Gasteiger partial charge in [-0.3, -0.25) is 9.59 Å². The monoisotopic (exact) mass is 476 g/mol. The molecule has 2 N–H and O–H groups in total. The summed E-state index contributed by atoms with van der Waals surface area (Å²) in [6.07, 6.45) is 1.88. The standard InChI is InChI=1S/C25H22BrN3O2/c1-16-6-10-19(11-7-16)23-22(27-24(30)20-5-3-4-17(2)14-20)25(31)28-29(23)15-18-8-12-21(26)13-9-18/h3-15,22-23H,1-2H3,(H-,27,28,30,31)/p+1/b29-15-/t22-,23+/m1/s1. The third-order valence-corrected chi connectivity index (χ3v) is 5.81. The Hall–Kier alpha value is -3.25. The molecule has 0 radical (unpaired) electrons. The van der Waals surface area contributed by atoms with Gasteiger partial charge in [0.15, 0.2) is 6.04 Å². The van der Waals surface area contributed by atoms with Crippen LogP contribution in [0.15, 0.2) is 77.3 Å².